The highest BCUT2D eigenvalue weighted by Crippen LogP contribution is 1.94. The van der Waals surface area contributed by atoms with Gasteiger partial charge in [-0.3, -0.25) is 4.79 Å². The van der Waals surface area contributed by atoms with E-state index in [1.807, 2.05) is 6.92 Å². The smallest absolute Gasteiger partial charge is 0.240 e. The van der Waals surface area contributed by atoms with E-state index in [4.69, 9.17) is 4.52 Å². The van der Waals surface area contributed by atoms with E-state index in [2.05, 4.69) is 20.8 Å². The number of nitrogens with one attached hydrogen (secondary N) is 2. The molecule has 0 aliphatic heterocycles. The van der Waals surface area contributed by atoms with Crippen LogP contribution in [0.4, 0.5) is 0 Å². The summed E-state index contributed by atoms with van der Waals surface area (Å²) in [5.74, 6) is 1.21. The molecule has 1 aromatic rings. The van der Waals surface area contributed by atoms with Crippen LogP contribution in [-0.2, 0) is 11.3 Å². The molecule has 6 nitrogen and oxygen atoms in total. The maximum atomic E-state index is 11.1. The topological polar surface area (TPSA) is 80.0 Å². The van der Waals surface area contributed by atoms with E-state index in [9.17, 15) is 4.79 Å². The molecule has 0 aliphatic carbocycles. The predicted molar refractivity (Wildman–Crippen MR) is 54.0 cm³/mol. The van der Waals surface area contributed by atoms with Crippen molar-refractivity contribution in [3.8, 4) is 0 Å². The van der Waals surface area contributed by atoms with E-state index in [0.717, 1.165) is 0 Å². The minimum atomic E-state index is 0.0479. The molecule has 0 unspecified atom stereocenters. The predicted octanol–water partition coefficient (Wildman–Crippen LogP) is -0.00618. The first-order valence-corrected chi connectivity index (χ1v) is 4.99. The number of nitrogens with zero attached hydrogens (tertiary/aromatic N) is 2. The molecule has 0 aromatic carbocycles. The van der Waals surface area contributed by atoms with Crippen molar-refractivity contribution in [2.45, 2.75) is 26.8 Å². The number of hydrogen-bond donors (Lipinski definition) is 2. The van der Waals surface area contributed by atoms with Gasteiger partial charge in [-0.1, -0.05) is 5.16 Å². The zero-order chi connectivity index (χ0) is 11.1. The maximum Gasteiger partial charge on any atom is 0.240 e. The van der Waals surface area contributed by atoms with E-state index in [0.29, 0.717) is 37.8 Å². The Hall–Kier alpha value is -1.43. The van der Waals surface area contributed by atoms with Gasteiger partial charge < -0.3 is 15.2 Å². The molecular formula is C9H16N4O2. The summed E-state index contributed by atoms with van der Waals surface area (Å²) in [4.78, 5) is 15.1. The number of carbonyl (C=O) groups excluding carboxylic acids is 1. The van der Waals surface area contributed by atoms with E-state index in [-0.39, 0.29) is 5.91 Å². The molecule has 15 heavy (non-hydrogen) atoms. The number of aromatic nitrogens is 2. The van der Waals surface area contributed by atoms with Crippen LogP contribution >= 0.6 is 0 Å². The van der Waals surface area contributed by atoms with Gasteiger partial charge >= 0.3 is 0 Å². The normalized spacial score (nSPS) is 10.3. The summed E-state index contributed by atoms with van der Waals surface area (Å²) < 4.78 is 4.89. The summed E-state index contributed by atoms with van der Waals surface area (Å²) in [5, 5.41) is 9.42. The third-order valence-electron chi connectivity index (χ3n) is 1.75. The van der Waals surface area contributed by atoms with E-state index >= 15 is 0 Å². The van der Waals surface area contributed by atoms with Crippen LogP contribution in [0.15, 0.2) is 4.52 Å². The van der Waals surface area contributed by atoms with Gasteiger partial charge in [0.2, 0.25) is 11.8 Å². The van der Waals surface area contributed by atoms with E-state index < -0.39 is 0 Å². The number of carbonyl (C=O) groups is 1. The fourth-order valence-electron chi connectivity index (χ4n) is 1.09. The molecule has 0 saturated carbocycles. The number of rotatable bonds is 6. The zero-order valence-corrected chi connectivity index (χ0v) is 9.04. The average molecular weight is 212 g/mol. The highest BCUT2D eigenvalue weighted by molar-refractivity contribution is 5.75. The quantitative estimate of drug-likeness (QED) is 0.648. The lowest BCUT2D eigenvalue weighted by Crippen LogP contribution is -2.27. The Kier molecular flexibility index (Phi) is 4.76. The summed E-state index contributed by atoms with van der Waals surface area (Å²) in [6.07, 6.45) is 0.459. The van der Waals surface area contributed by atoms with Crippen molar-refractivity contribution in [2.24, 2.45) is 0 Å². The van der Waals surface area contributed by atoms with Crippen molar-refractivity contribution < 1.29 is 9.32 Å². The highest BCUT2D eigenvalue weighted by Gasteiger charge is 2.02. The first-order valence-electron chi connectivity index (χ1n) is 4.99. The molecule has 6 heteroatoms. The second-order valence-corrected chi connectivity index (χ2v) is 3.12. The Morgan fingerprint density at radius 3 is 2.93 bits per heavy atom. The van der Waals surface area contributed by atoms with Gasteiger partial charge in [0.25, 0.3) is 0 Å². The maximum absolute atomic E-state index is 11.1. The standard InChI is InChI=1S/C9H16N4O2/c1-3-11-8(14)4-5-10-6-9-12-7(2)13-15-9/h10H,3-6H2,1-2H3,(H,11,14). The second kappa shape index (κ2) is 6.13. The van der Waals surface area contributed by atoms with Crippen molar-refractivity contribution >= 4 is 5.91 Å². The molecule has 1 aromatic heterocycles. The fraction of sp³-hybridized carbons (Fsp3) is 0.667. The summed E-state index contributed by atoms with van der Waals surface area (Å²) in [5.41, 5.74) is 0. The van der Waals surface area contributed by atoms with Crippen LogP contribution in [0.3, 0.4) is 0 Å². The average Bonchev–Trinajstić information content (AvgIpc) is 2.60. The molecule has 1 heterocycles. The van der Waals surface area contributed by atoms with Crippen LogP contribution in [0.1, 0.15) is 25.1 Å². The number of amides is 1. The SMILES string of the molecule is CCNC(=O)CCNCc1nc(C)no1. The molecule has 0 aliphatic rings. The molecule has 1 amide bonds. The third-order valence-corrected chi connectivity index (χ3v) is 1.75. The molecule has 0 spiro atoms. The Bertz CT molecular complexity index is 311. The lowest BCUT2D eigenvalue weighted by molar-refractivity contribution is -0.120. The molecule has 0 radical (unpaired) electrons. The fourth-order valence-corrected chi connectivity index (χ4v) is 1.09. The van der Waals surface area contributed by atoms with E-state index in [1.165, 1.54) is 0 Å². The van der Waals surface area contributed by atoms with Crippen LogP contribution in [0.2, 0.25) is 0 Å². The zero-order valence-electron chi connectivity index (χ0n) is 9.04. The van der Waals surface area contributed by atoms with Gasteiger partial charge in [0.1, 0.15) is 0 Å². The van der Waals surface area contributed by atoms with Crippen molar-refractivity contribution in [1.29, 1.82) is 0 Å². The number of hydrogen-bond acceptors (Lipinski definition) is 5. The minimum Gasteiger partial charge on any atom is -0.356 e. The molecule has 0 saturated heterocycles. The highest BCUT2D eigenvalue weighted by atomic mass is 16.5. The summed E-state index contributed by atoms with van der Waals surface area (Å²) in [6.45, 7) is 5.43. The lowest BCUT2D eigenvalue weighted by atomic mass is 10.4. The van der Waals surface area contributed by atoms with Gasteiger partial charge in [0.15, 0.2) is 5.82 Å². The summed E-state index contributed by atoms with van der Waals surface area (Å²) in [6, 6.07) is 0. The molecular weight excluding hydrogens is 196 g/mol. The van der Waals surface area contributed by atoms with Crippen LogP contribution in [0, 0.1) is 6.92 Å². The van der Waals surface area contributed by atoms with Gasteiger partial charge in [-0.25, -0.2) is 0 Å². The first-order chi connectivity index (χ1) is 7.22. The molecule has 0 bridgehead atoms. The van der Waals surface area contributed by atoms with Gasteiger partial charge in [-0.05, 0) is 13.8 Å². The molecule has 0 fully saturated rings. The van der Waals surface area contributed by atoms with Crippen molar-refractivity contribution in [2.75, 3.05) is 13.1 Å². The Labute approximate surface area is 88.4 Å². The summed E-state index contributed by atoms with van der Waals surface area (Å²) >= 11 is 0. The first kappa shape index (κ1) is 11.6. The van der Waals surface area contributed by atoms with Crippen LogP contribution in [0.5, 0.6) is 0 Å². The second-order valence-electron chi connectivity index (χ2n) is 3.12. The van der Waals surface area contributed by atoms with Gasteiger partial charge in [0.05, 0.1) is 6.54 Å². The Morgan fingerprint density at radius 1 is 1.53 bits per heavy atom. The Balaban J connectivity index is 2.09. The van der Waals surface area contributed by atoms with Crippen molar-refractivity contribution in [3.05, 3.63) is 11.7 Å². The van der Waals surface area contributed by atoms with Crippen molar-refractivity contribution in [1.82, 2.24) is 20.8 Å². The van der Waals surface area contributed by atoms with Crippen LogP contribution in [-0.4, -0.2) is 29.1 Å². The largest absolute Gasteiger partial charge is 0.356 e. The van der Waals surface area contributed by atoms with Crippen LogP contribution in [0.25, 0.3) is 0 Å². The molecule has 2 N–H and O–H groups in total. The third kappa shape index (κ3) is 4.55. The van der Waals surface area contributed by atoms with Gasteiger partial charge in [0, 0.05) is 19.5 Å². The molecule has 84 valence electrons. The van der Waals surface area contributed by atoms with Crippen molar-refractivity contribution in [3.63, 3.8) is 0 Å². The molecule has 1 rings (SSSR count). The number of aryl methyl sites for hydroxylation is 1. The monoisotopic (exact) mass is 212 g/mol. The lowest BCUT2D eigenvalue weighted by Gasteiger charge is -2.02. The van der Waals surface area contributed by atoms with Crippen LogP contribution < -0.4 is 10.6 Å². The van der Waals surface area contributed by atoms with Gasteiger partial charge in [-0.2, -0.15) is 4.98 Å². The molecule has 0 atom stereocenters. The van der Waals surface area contributed by atoms with E-state index in [1.54, 1.807) is 6.92 Å². The minimum absolute atomic E-state index is 0.0479. The Morgan fingerprint density at radius 2 is 2.33 bits per heavy atom. The van der Waals surface area contributed by atoms with Gasteiger partial charge in [-0.15, -0.1) is 0 Å². The summed E-state index contributed by atoms with van der Waals surface area (Å²) in [7, 11) is 0.